The van der Waals surface area contributed by atoms with E-state index in [1.807, 2.05) is 36.5 Å². The van der Waals surface area contributed by atoms with Gasteiger partial charge < -0.3 is 20.7 Å². The number of aromatic nitrogens is 1. The molecule has 1 unspecified atom stereocenters. The van der Waals surface area contributed by atoms with Gasteiger partial charge in [-0.15, -0.1) is 0 Å². The zero-order valence-corrected chi connectivity index (χ0v) is 16.8. The van der Waals surface area contributed by atoms with E-state index in [2.05, 4.69) is 27.9 Å². The van der Waals surface area contributed by atoms with Crippen LogP contribution in [0.3, 0.4) is 0 Å². The van der Waals surface area contributed by atoms with Crippen LogP contribution in [-0.2, 0) is 4.74 Å². The second-order valence-corrected chi connectivity index (χ2v) is 7.16. The summed E-state index contributed by atoms with van der Waals surface area (Å²) < 4.78 is 5.04. The smallest absolute Gasteiger partial charge is 0.253 e. The van der Waals surface area contributed by atoms with Gasteiger partial charge in [0.05, 0.1) is 5.56 Å². The van der Waals surface area contributed by atoms with Crippen molar-refractivity contribution in [1.29, 1.82) is 0 Å². The van der Waals surface area contributed by atoms with Gasteiger partial charge in [0.25, 0.3) is 5.91 Å². The fourth-order valence-electron chi connectivity index (χ4n) is 3.23. The van der Waals surface area contributed by atoms with Crippen LogP contribution in [0.5, 0.6) is 0 Å². The standard InChI is InChI=1S/C21H25ClN4O2/c1-14-12-23-9-7-17-19(14)18(21(27)24-8-4-10-28-2)13-25-20(17)26-16-6-3-5-15(22)11-16/h3,5-7,9,11,13-14,23H,4,8,10,12H2,1-2H3,(H,24,27)(H,25,26). The largest absolute Gasteiger partial charge is 0.390 e. The van der Waals surface area contributed by atoms with Crippen LogP contribution in [0.2, 0.25) is 5.02 Å². The Morgan fingerprint density at radius 2 is 2.29 bits per heavy atom. The van der Waals surface area contributed by atoms with E-state index in [1.54, 1.807) is 13.3 Å². The number of benzene rings is 1. The molecule has 0 fully saturated rings. The van der Waals surface area contributed by atoms with E-state index < -0.39 is 0 Å². The Hall–Kier alpha value is -2.57. The fraction of sp³-hybridized carbons (Fsp3) is 0.333. The van der Waals surface area contributed by atoms with E-state index in [0.717, 1.165) is 29.8 Å². The van der Waals surface area contributed by atoms with Crippen molar-refractivity contribution in [2.24, 2.45) is 0 Å². The normalized spacial score (nSPS) is 15.3. The molecule has 0 aliphatic carbocycles. The summed E-state index contributed by atoms with van der Waals surface area (Å²) in [6.45, 7) is 4.02. The number of amides is 1. The van der Waals surface area contributed by atoms with Gasteiger partial charge in [-0.2, -0.15) is 0 Å². The third-order valence-corrected chi connectivity index (χ3v) is 4.82. The first-order valence-electron chi connectivity index (χ1n) is 9.32. The van der Waals surface area contributed by atoms with Gasteiger partial charge in [0, 0.05) is 49.3 Å². The molecule has 1 aliphatic rings. The number of hydrogen-bond acceptors (Lipinski definition) is 5. The Morgan fingerprint density at radius 1 is 1.43 bits per heavy atom. The third kappa shape index (κ3) is 4.82. The molecule has 0 spiro atoms. The van der Waals surface area contributed by atoms with Gasteiger partial charge in [0.1, 0.15) is 5.82 Å². The van der Waals surface area contributed by atoms with Crippen LogP contribution in [0.15, 0.2) is 36.7 Å². The number of carbonyl (C=O) groups excluding carboxylic acids is 1. The second kappa shape index (κ2) is 9.57. The minimum absolute atomic E-state index is 0.115. The number of anilines is 2. The zero-order chi connectivity index (χ0) is 19.9. The van der Waals surface area contributed by atoms with Crippen molar-refractivity contribution in [3.05, 3.63) is 58.4 Å². The van der Waals surface area contributed by atoms with E-state index >= 15 is 0 Å². The minimum Gasteiger partial charge on any atom is -0.390 e. The Kier molecular flexibility index (Phi) is 6.90. The van der Waals surface area contributed by atoms with Crippen molar-refractivity contribution in [1.82, 2.24) is 15.6 Å². The molecule has 3 N–H and O–H groups in total. The highest BCUT2D eigenvalue weighted by molar-refractivity contribution is 6.30. The molecule has 0 saturated carbocycles. The lowest BCUT2D eigenvalue weighted by Gasteiger charge is -2.20. The number of pyridine rings is 1. The lowest BCUT2D eigenvalue weighted by molar-refractivity contribution is 0.0947. The van der Waals surface area contributed by atoms with Crippen LogP contribution < -0.4 is 16.0 Å². The van der Waals surface area contributed by atoms with E-state index in [1.165, 1.54) is 0 Å². The van der Waals surface area contributed by atoms with Crippen LogP contribution in [0, 0.1) is 0 Å². The molecule has 2 heterocycles. The van der Waals surface area contributed by atoms with Crippen LogP contribution in [0.1, 0.15) is 40.7 Å². The minimum atomic E-state index is -0.115. The van der Waals surface area contributed by atoms with Gasteiger partial charge in [0.15, 0.2) is 0 Å². The summed E-state index contributed by atoms with van der Waals surface area (Å²) in [5.74, 6) is 0.726. The van der Waals surface area contributed by atoms with Gasteiger partial charge >= 0.3 is 0 Å². The van der Waals surface area contributed by atoms with Gasteiger partial charge in [-0.05, 0) is 48.4 Å². The van der Waals surface area contributed by atoms with Crippen molar-refractivity contribution in [2.45, 2.75) is 19.3 Å². The van der Waals surface area contributed by atoms with Gasteiger partial charge in [0.2, 0.25) is 0 Å². The molecule has 7 heteroatoms. The quantitative estimate of drug-likeness (QED) is 0.614. The van der Waals surface area contributed by atoms with Crippen molar-refractivity contribution in [3.63, 3.8) is 0 Å². The number of rotatable bonds is 7. The van der Waals surface area contributed by atoms with Crippen molar-refractivity contribution >= 4 is 35.1 Å². The Morgan fingerprint density at radius 3 is 3.07 bits per heavy atom. The highest BCUT2D eigenvalue weighted by atomic mass is 35.5. The van der Waals surface area contributed by atoms with Crippen LogP contribution in [0.4, 0.5) is 11.5 Å². The summed E-state index contributed by atoms with van der Waals surface area (Å²) in [6, 6.07) is 7.47. The molecule has 1 atom stereocenters. The van der Waals surface area contributed by atoms with Crippen LogP contribution in [-0.4, -0.2) is 37.7 Å². The summed E-state index contributed by atoms with van der Waals surface area (Å²) >= 11 is 6.10. The van der Waals surface area contributed by atoms with Gasteiger partial charge in [-0.25, -0.2) is 4.98 Å². The van der Waals surface area contributed by atoms with E-state index in [9.17, 15) is 4.79 Å². The van der Waals surface area contributed by atoms with E-state index in [4.69, 9.17) is 16.3 Å². The van der Waals surface area contributed by atoms with E-state index in [0.29, 0.717) is 29.6 Å². The molecule has 1 amide bonds. The topological polar surface area (TPSA) is 75.3 Å². The highest BCUT2D eigenvalue weighted by Gasteiger charge is 2.23. The Bertz CT molecular complexity index is 869. The summed E-state index contributed by atoms with van der Waals surface area (Å²) in [4.78, 5) is 17.3. The Labute approximate surface area is 170 Å². The number of nitrogens with zero attached hydrogens (tertiary/aromatic N) is 1. The second-order valence-electron chi connectivity index (χ2n) is 6.73. The average Bonchev–Trinajstić information content (AvgIpc) is 2.88. The molecule has 0 saturated heterocycles. The lowest BCUT2D eigenvalue weighted by atomic mass is 9.92. The van der Waals surface area contributed by atoms with Gasteiger partial charge in [-0.3, -0.25) is 4.79 Å². The predicted octanol–water partition coefficient (Wildman–Crippen LogP) is 3.92. The first-order chi connectivity index (χ1) is 13.6. The number of nitrogens with one attached hydrogen (secondary N) is 3. The first kappa shape index (κ1) is 20.2. The van der Waals surface area contributed by atoms with Crippen molar-refractivity contribution in [2.75, 3.05) is 32.1 Å². The molecule has 0 bridgehead atoms. The molecule has 28 heavy (non-hydrogen) atoms. The number of carbonyl (C=O) groups is 1. The summed E-state index contributed by atoms with van der Waals surface area (Å²) in [7, 11) is 1.65. The summed E-state index contributed by atoms with van der Waals surface area (Å²) in [6.07, 6.45) is 6.27. The maximum absolute atomic E-state index is 12.8. The number of hydrogen-bond donors (Lipinski definition) is 3. The number of fused-ring (bicyclic) bond motifs is 1. The van der Waals surface area contributed by atoms with Crippen LogP contribution >= 0.6 is 11.6 Å². The molecular formula is C21H25ClN4O2. The van der Waals surface area contributed by atoms with Crippen molar-refractivity contribution in [3.8, 4) is 0 Å². The highest BCUT2D eigenvalue weighted by Crippen LogP contribution is 2.32. The number of ether oxygens (including phenoxy) is 1. The van der Waals surface area contributed by atoms with Crippen molar-refractivity contribution < 1.29 is 9.53 Å². The average molecular weight is 401 g/mol. The molecule has 6 nitrogen and oxygen atoms in total. The first-order valence-corrected chi connectivity index (χ1v) is 9.70. The lowest BCUT2D eigenvalue weighted by Crippen LogP contribution is -2.28. The summed E-state index contributed by atoms with van der Waals surface area (Å²) in [5.41, 5.74) is 3.33. The fourth-order valence-corrected chi connectivity index (χ4v) is 3.42. The number of halogens is 1. The summed E-state index contributed by atoms with van der Waals surface area (Å²) in [5, 5.41) is 10.2. The zero-order valence-electron chi connectivity index (χ0n) is 16.1. The maximum atomic E-state index is 12.8. The van der Waals surface area contributed by atoms with E-state index in [-0.39, 0.29) is 11.8 Å². The number of methoxy groups -OCH3 is 1. The maximum Gasteiger partial charge on any atom is 0.253 e. The molecule has 1 aromatic carbocycles. The SMILES string of the molecule is COCCCNC(=O)c1cnc(Nc2cccc(Cl)c2)c2c1C(C)CNC=C2. The molecule has 148 valence electrons. The molecular weight excluding hydrogens is 376 g/mol. The molecule has 1 aromatic heterocycles. The molecule has 0 radical (unpaired) electrons. The predicted molar refractivity (Wildman–Crippen MR) is 113 cm³/mol. The molecule has 2 aromatic rings. The Balaban J connectivity index is 1.93. The molecule has 3 rings (SSSR count). The third-order valence-electron chi connectivity index (χ3n) is 4.59. The molecule has 1 aliphatic heterocycles. The van der Waals surface area contributed by atoms with Gasteiger partial charge in [-0.1, -0.05) is 24.6 Å². The monoisotopic (exact) mass is 400 g/mol. The van der Waals surface area contributed by atoms with Crippen LogP contribution in [0.25, 0.3) is 6.08 Å².